The quantitative estimate of drug-likeness (QED) is 0.436. The first-order valence-electron chi connectivity index (χ1n) is 9.85. The molecule has 2 unspecified atom stereocenters. The number of hydrogen-bond acceptors (Lipinski definition) is 4. The maximum atomic E-state index is 4.71. The number of nitrogens with zero attached hydrogens (tertiary/aromatic N) is 5. The van der Waals surface area contributed by atoms with Gasteiger partial charge in [0.1, 0.15) is 12.4 Å². The van der Waals surface area contributed by atoms with E-state index in [4.69, 9.17) is 4.99 Å². The summed E-state index contributed by atoms with van der Waals surface area (Å²) in [6.07, 6.45) is 2.92. The highest BCUT2D eigenvalue weighted by atomic mass is 15.3. The van der Waals surface area contributed by atoms with Crippen molar-refractivity contribution in [2.75, 3.05) is 13.1 Å². The monoisotopic (exact) mass is 381 g/mol. The van der Waals surface area contributed by atoms with Crippen molar-refractivity contribution in [3.05, 3.63) is 60.2 Å². The van der Waals surface area contributed by atoms with Crippen molar-refractivity contribution < 1.29 is 0 Å². The SMILES string of the molecule is C=CCNC(=NCc1nnc(C)n1C)NC1CC(C)N(Cc2ccccc2)C1. The molecular formula is C21H31N7. The molecule has 7 nitrogen and oxygen atoms in total. The van der Waals surface area contributed by atoms with Crippen molar-refractivity contribution >= 4 is 5.96 Å². The fraction of sp³-hybridized carbons (Fsp3) is 0.476. The predicted molar refractivity (Wildman–Crippen MR) is 113 cm³/mol. The second-order valence-corrected chi connectivity index (χ2v) is 7.40. The third kappa shape index (κ3) is 5.19. The Morgan fingerprint density at radius 3 is 2.79 bits per heavy atom. The fourth-order valence-corrected chi connectivity index (χ4v) is 3.49. The number of aromatic nitrogens is 3. The molecule has 0 aliphatic carbocycles. The number of hydrogen-bond donors (Lipinski definition) is 2. The van der Waals surface area contributed by atoms with E-state index in [1.54, 1.807) is 0 Å². The van der Waals surface area contributed by atoms with Gasteiger partial charge < -0.3 is 15.2 Å². The van der Waals surface area contributed by atoms with Crippen LogP contribution in [0.3, 0.4) is 0 Å². The zero-order valence-corrected chi connectivity index (χ0v) is 17.1. The van der Waals surface area contributed by atoms with Crippen LogP contribution in [0.2, 0.25) is 0 Å². The van der Waals surface area contributed by atoms with Gasteiger partial charge in [0.2, 0.25) is 0 Å². The molecule has 0 saturated carbocycles. The largest absolute Gasteiger partial charge is 0.353 e. The average Bonchev–Trinajstić information content (AvgIpc) is 3.20. The Hall–Kier alpha value is -2.67. The topological polar surface area (TPSA) is 70.4 Å². The zero-order chi connectivity index (χ0) is 19.9. The molecule has 0 spiro atoms. The number of guanidine groups is 1. The van der Waals surface area contributed by atoms with E-state index in [0.29, 0.717) is 25.2 Å². The molecule has 150 valence electrons. The van der Waals surface area contributed by atoms with Gasteiger partial charge in [-0.2, -0.15) is 0 Å². The Morgan fingerprint density at radius 1 is 1.32 bits per heavy atom. The van der Waals surface area contributed by atoms with E-state index in [1.165, 1.54) is 5.56 Å². The standard InChI is InChI=1S/C21H31N7/c1-5-11-22-21(23-13-20-26-25-17(3)27(20)4)24-19-12-16(2)28(15-19)14-18-9-7-6-8-10-18/h5-10,16,19H,1,11-15H2,2-4H3,(H2,22,23,24). The van der Waals surface area contributed by atoms with Gasteiger partial charge in [0.25, 0.3) is 0 Å². The lowest BCUT2D eigenvalue weighted by atomic mass is 10.2. The molecule has 1 aromatic heterocycles. The Balaban J connectivity index is 1.61. The molecule has 28 heavy (non-hydrogen) atoms. The van der Waals surface area contributed by atoms with Crippen LogP contribution in [0.1, 0.15) is 30.6 Å². The Kier molecular flexibility index (Phi) is 6.81. The molecular weight excluding hydrogens is 350 g/mol. The van der Waals surface area contributed by atoms with Crippen molar-refractivity contribution in [2.45, 2.75) is 45.4 Å². The van der Waals surface area contributed by atoms with E-state index in [-0.39, 0.29) is 0 Å². The van der Waals surface area contributed by atoms with Crippen molar-refractivity contribution in [3.63, 3.8) is 0 Å². The molecule has 0 bridgehead atoms. The Morgan fingerprint density at radius 2 is 2.11 bits per heavy atom. The summed E-state index contributed by atoms with van der Waals surface area (Å²) in [5.74, 6) is 2.53. The second kappa shape index (κ2) is 9.50. The van der Waals surface area contributed by atoms with Gasteiger partial charge in [0, 0.05) is 38.8 Å². The van der Waals surface area contributed by atoms with Crippen molar-refractivity contribution in [2.24, 2.45) is 12.0 Å². The number of aliphatic imine (C=N–C) groups is 1. The van der Waals surface area contributed by atoms with Crippen LogP contribution in [-0.4, -0.2) is 50.8 Å². The summed E-state index contributed by atoms with van der Waals surface area (Å²) < 4.78 is 1.97. The molecule has 1 fully saturated rings. The number of nitrogens with one attached hydrogen (secondary N) is 2. The lowest BCUT2D eigenvalue weighted by molar-refractivity contribution is 0.258. The highest BCUT2D eigenvalue weighted by Crippen LogP contribution is 2.20. The van der Waals surface area contributed by atoms with Crippen LogP contribution in [0.15, 0.2) is 48.0 Å². The first kappa shape index (κ1) is 20.1. The third-order valence-corrected chi connectivity index (χ3v) is 5.25. The molecule has 2 N–H and O–H groups in total. The molecule has 2 atom stereocenters. The van der Waals surface area contributed by atoms with Crippen LogP contribution in [-0.2, 0) is 20.1 Å². The van der Waals surface area contributed by atoms with Gasteiger partial charge in [0.15, 0.2) is 11.8 Å². The maximum Gasteiger partial charge on any atom is 0.192 e. The summed E-state index contributed by atoms with van der Waals surface area (Å²) in [7, 11) is 1.96. The van der Waals surface area contributed by atoms with Crippen molar-refractivity contribution in [1.29, 1.82) is 0 Å². The lowest BCUT2D eigenvalue weighted by Crippen LogP contribution is -2.44. The molecule has 3 rings (SSSR count). The normalized spacial score (nSPS) is 20.3. The van der Waals surface area contributed by atoms with Crippen LogP contribution in [0, 0.1) is 6.92 Å². The summed E-state index contributed by atoms with van der Waals surface area (Å²) in [5.41, 5.74) is 1.35. The van der Waals surface area contributed by atoms with E-state index in [2.05, 4.69) is 69.6 Å². The summed E-state index contributed by atoms with van der Waals surface area (Å²) in [5, 5.41) is 15.2. The molecule has 1 saturated heterocycles. The molecule has 7 heteroatoms. The van der Waals surface area contributed by atoms with Gasteiger partial charge in [-0.25, -0.2) is 4.99 Å². The number of benzene rings is 1. The van der Waals surface area contributed by atoms with Gasteiger partial charge in [-0.15, -0.1) is 16.8 Å². The number of likely N-dealkylation sites (tertiary alicyclic amines) is 1. The van der Waals surface area contributed by atoms with Crippen LogP contribution in [0.25, 0.3) is 0 Å². The molecule has 1 aliphatic rings. The van der Waals surface area contributed by atoms with Crippen molar-refractivity contribution in [1.82, 2.24) is 30.3 Å². The van der Waals surface area contributed by atoms with Crippen LogP contribution in [0.5, 0.6) is 0 Å². The van der Waals surface area contributed by atoms with Gasteiger partial charge in [-0.05, 0) is 25.8 Å². The summed E-state index contributed by atoms with van der Waals surface area (Å²) in [4.78, 5) is 7.23. The summed E-state index contributed by atoms with van der Waals surface area (Å²) >= 11 is 0. The minimum atomic E-state index is 0.357. The van der Waals surface area contributed by atoms with E-state index < -0.39 is 0 Å². The summed E-state index contributed by atoms with van der Waals surface area (Å²) in [6.45, 7) is 11.1. The van der Waals surface area contributed by atoms with Crippen LogP contribution in [0.4, 0.5) is 0 Å². The molecule has 2 heterocycles. The molecule has 0 radical (unpaired) electrons. The average molecular weight is 382 g/mol. The first-order chi connectivity index (χ1) is 13.6. The van der Waals surface area contributed by atoms with Gasteiger partial charge >= 0.3 is 0 Å². The second-order valence-electron chi connectivity index (χ2n) is 7.40. The van der Waals surface area contributed by atoms with Crippen LogP contribution >= 0.6 is 0 Å². The Bertz CT molecular complexity index is 796. The maximum absolute atomic E-state index is 4.71. The summed E-state index contributed by atoms with van der Waals surface area (Å²) in [6, 6.07) is 11.5. The number of aryl methyl sites for hydroxylation is 1. The minimum absolute atomic E-state index is 0.357. The van der Waals surface area contributed by atoms with E-state index in [0.717, 1.165) is 37.1 Å². The molecule has 2 aromatic rings. The highest BCUT2D eigenvalue weighted by Gasteiger charge is 2.29. The predicted octanol–water partition coefficient (Wildman–Crippen LogP) is 2.01. The fourth-order valence-electron chi connectivity index (χ4n) is 3.49. The third-order valence-electron chi connectivity index (χ3n) is 5.25. The molecule has 1 aromatic carbocycles. The van der Waals surface area contributed by atoms with Gasteiger partial charge in [-0.1, -0.05) is 36.4 Å². The zero-order valence-electron chi connectivity index (χ0n) is 17.1. The smallest absolute Gasteiger partial charge is 0.192 e. The highest BCUT2D eigenvalue weighted by molar-refractivity contribution is 5.80. The van der Waals surface area contributed by atoms with E-state index in [9.17, 15) is 0 Å². The first-order valence-corrected chi connectivity index (χ1v) is 9.85. The van der Waals surface area contributed by atoms with E-state index >= 15 is 0 Å². The van der Waals surface area contributed by atoms with Gasteiger partial charge in [0.05, 0.1) is 0 Å². The van der Waals surface area contributed by atoms with Crippen molar-refractivity contribution in [3.8, 4) is 0 Å². The molecule has 0 amide bonds. The molecule has 1 aliphatic heterocycles. The lowest BCUT2D eigenvalue weighted by Gasteiger charge is -2.21. The van der Waals surface area contributed by atoms with Gasteiger partial charge in [-0.3, -0.25) is 4.90 Å². The number of rotatable bonds is 7. The minimum Gasteiger partial charge on any atom is -0.353 e. The Labute approximate surface area is 167 Å². The van der Waals surface area contributed by atoms with E-state index in [1.807, 2.05) is 24.6 Å². The van der Waals surface area contributed by atoms with Crippen LogP contribution < -0.4 is 10.6 Å².